The molecule has 5 nitrogen and oxygen atoms in total. The van der Waals surface area contributed by atoms with E-state index in [0.717, 1.165) is 41.5 Å². The smallest absolute Gasteiger partial charge is 0.231 e. The number of aromatic nitrogens is 4. The van der Waals surface area contributed by atoms with E-state index in [-0.39, 0.29) is 17.7 Å². The lowest BCUT2D eigenvalue weighted by Gasteiger charge is -2.30. The highest BCUT2D eigenvalue weighted by molar-refractivity contribution is 5.89. The van der Waals surface area contributed by atoms with Gasteiger partial charge in [-0.05, 0) is 48.5 Å². The Morgan fingerprint density at radius 1 is 0.694 bits per heavy atom. The van der Waals surface area contributed by atoms with Gasteiger partial charge in [0.15, 0.2) is 25.5 Å². The van der Waals surface area contributed by atoms with E-state index in [1.165, 1.54) is 22.3 Å². The van der Waals surface area contributed by atoms with Crippen LogP contribution >= 0.6 is 0 Å². The van der Waals surface area contributed by atoms with Gasteiger partial charge in [0.25, 0.3) is 0 Å². The Morgan fingerprint density at radius 3 is 1.75 bits per heavy atom. The second-order valence-corrected chi connectivity index (χ2v) is 9.73. The quantitative estimate of drug-likeness (QED) is 0.315. The fraction of sp³-hybridized carbons (Fsp3) is 0.133. The summed E-state index contributed by atoms with van der Waals surface area (Å²) >= 11 is 0. The number of nitrogens with zero attached hydrogens (tertiary/aromatic N) is 5. The van der Waals surface area contributed by atoms with E-state index in [9.17, 15) is 4.39 Å². The lowest BCUT2D eigenvalue weighted by molar-refractivity contribution is -0.705. The van der Waals surface area contributed by atoms with Gasteiger partial charge in [0.2, 0.25) is 11.4 Å². The van der Waals surface area contributed by atoms with E-state index in [1.54, 1.807) is 12.1 Å². The van der Waals surface area contributed by atoms with Gasteiger partial charge in [-0.15, -0.1) is 0 Å². The first kappa shape index (κ1) is 19.8. The molecular formula is C30H22FN5+2. The minimum Gasteiger partial charge on any atom is -0.310 e. The van der Waals surface area contributed by atoms with Crippen LogP contribution in [0.4, 0.5) is 21.5 Å². The molecule has 2 atom stereocenters. The summed E-state index contributed by atoms with van der Waals surface area (Å²) in [7, 11) is 0. The first-order valence-corrected chi connectivity index (χ1v) is 12.3. The summed E-state index contributed by atoms with van der Waals surface area (Å²) in [5.41, 5.74) is 10.6. The highest BCUT2D eigenvalue weighted by Gasteiger charge is 2.47. The third kappa shape index (κ3) is 2.64. The number of anilines is 3. The predicted octanol–water partition coefficient (Wildman–Crippen LogP) is 5.20. The topological polar surface area (TPSA) is 36.8 Å². The van der Waals surface area contributed by atoms with Crippen molar-refractivity contribution in [3.05, 3.63) is 115 Å². The lowest BCUT2D eigenvalue weighted by Crippen LogP contribution is -2.48. The number of halogens is 1. The monoisotopic (exact) mass is 471 g/mol. The molecule has 6 heteroatoms. The summed E-state index contributed by atoms with van der Waals surface area (Å²) in [6.07, 6.45) is 11.9. The van der Waals surface area contributed by atoms with Gasteiger partial charge < -0.3 is 4.90 Å². The number of rotatable bonds is 1. The van der Waals surface area contributed by atoms with Crippen molar-refractivity contribution < 1.29 is 13.5 Å². The molecule has 0 N–H and O–H groups in total. The zero-order valence-corrected chi connectivity index (χ0v) is 19.4. The average molecular weight is 472 g/mol. The van der Waals surface area contributed by atoms with Crippen molar-refractivity contribution in [1.29, 1.82) is 0 Å². The zero-order chi connectivity index (χ0) is 23.8. The van der Waals surface area contributed by atoms with Gasteiger partial charge in [0.1, 0.15) is 5.82 Å². The number of hydrogen-bond acceptors (Lipinski definition) is 3. The Bertz CT molecular complexity index is 1580. The first-order valence-electron chi connectivity index (χ1n) is 12.3. The van der Waals surface area contributed by atoms with Crippen LogP contribution in [0.15, 0.2) is 97.8 Å². The Kier molecular flexibility index (Phi) is 4.00. The average Bonchev–Trinajstić information content (AvgIpc) is 3.04. The molecule has 5 aromatic rings. The summed E-state index contributed by atoms with van der Waals surface area (Å²) in [6, 6.07) is 19.9. The summed E-state index contributed by atoms with van der Waals surface area (Å²) in [6.45, 7) is 1.75. The van der Waals surface area contributed by atoms with Crippen LogP contribution < -0.4 is 14.0 Å². The van der Waals surface area contributed by atoms with Crippen LogP contribution in [0.1, 0.15) is 23.0 Å². The fourth-order valence-electron chi connectivity index (χ4n) is 6.52. The van der Waals surface area contributed by atoms with Gasteiger partial charge >= 0.3 is 0 Å². The largest absolute Gasteiger partial charge is 0.310 e. The summed E-state index contributed by atoms with van der Waals surface area (Å²) < 4.78 is 18.7. The van der Waals surface area contributed by atoms with Gasteiger partial charge in [-0.25, -0.2) is 4.39 Å². The molecule has 0 fully saturated rings. The molecule has 2 aromatic heterocycles. The first-order chi connectivity index (χ1) is 17.8. The van der Waals surface area contributed by atoms with Gasteiger partial charge in [-0.3, -0.25) is 9.97 Å². The van der Waals surface area contributed by atoms with Crippen LogP contribution in [0.5, 0.6) is 0 Å². The van der Waals surface area contributed by atoms with Crippen molar-refractivity contribution in [2.24, 2.45) is 0 Å². The normalized spacial score (nSPS) is 18.4. The maximum absolute atomic E-state index is 14.0. The highest BCUT2D eigenvalue weighted by Crippen LogP contribution is 2.56. The molecule has 3 aliphatic rings. The van der Waals surface area contributed by atoms with E-state index in [0.29, 0.717) is 0 Å². The maximum Gasteiger partial charge on any atom is 0.231 e. The number of benzene rings is 3. The molecule has 3 aromatic carbocycles. The van der Waals surface area contributed by atoms with Crippen molar-refractivity contribution >= 4 is 17.1 Å². The predicted molar refractivity (Wildman–Crippen MR) is 133 cm³/mol. The molecule has 0 radical (unpaired) electrons. The molecule has 172 valence electrons. The minimum absolute atomic E-state index is 0.234. The molecular weight excluding hydrogens is 449 g/mol. The lowest BCUT2D eigenvalue weighted by atomic mass is 9.74. The molecule has 2 unspecified atom stereocenters. The van der Waals surface area contributed by atoms with Crippen LogP contribution in [0.2, 0.25) is 0 Å². The zero-order valence-electron chi connectivity index (χ0n) is 19.4. The SMILES string of the molecule is Fc1ccc(N2c3cccc4c3C(C[n+]3ccncc3-4)C3C[n+]4ccncc4-c4cccc2c43)cc1. The molecule has 0 saturated carbocycles. The Hall–Kier alpha value is -4.45. The molecule has 36 heavy (non-hydrogen) atoms. The van der Waals surface area contributed by atoms with Gasteiger partial charge in [0, 0.05) is 16.8 Å². The fourth-order valence-corrected chi connectivity index (χ4v) is 6.52. The second kappa shape index (κ2) is 7.28. The van der Waals surface area contributed by atoms with Crippen molar-refractivity contribution in [1.82, 2.24) is 9.97 Å². The maximum atomic E-state index is 14.0. The highest BCUT2D eigenvalue weighted by atomic mass is 19.1. The Labute approximate surface area is 207 Å². The van der Waals surface area contributed by atoms with Gasteiger partial charge in [-0.1, -0.05) is 12.1 Å². The standard InChI is InChI=1S/C30H22FN5/c31-19-7-9-20(10-8-19)36-25-5-1-3-21-27-15-32-11-13-34(27)17-23(29(21)25)24-18-35-14-12-33-16-28(35)22-4-2-6-26(36)30(22)24/h1-16,23-24H,17-18H2/q+2. The Balaban J connectivity index is 1.50. The second-order valence-electron chi connectivity index (χ2n) is 9.73. The molecule has 0 bridgehead atoms. The molecule has 8 rings (SSSR count). The summed E-state index contributed by atoms with van der Waals surface area (Å²) in [5, 5.41) is 0. The van der Waals surface area contributed by atoms with E-state index < -0.39 is 0 Å². The van der Waals surface area contributed by atoms with Crippen molar-refractivity contribution in [2.45, 2.75) is 24.9 Å². The van der Waals surface area contributed by atoms with Crippen LogP contribution in [-0.2, 0) is 13.1 Å². The number of fused-ring (bicyclic) bond motifs is 5. The Morgan fingerprint density at radius 2 is 1.22 bits per heavy atom. The van der Waals surface area contributed by atoms with Crippen LogP contribution in [0.3, 0.4) is 0 Å². The molecule has 3 aliphatic heterocycles. The van der Waals surface area contributed by atoms with E-state index in [2.05, 4.69) is 72.8 Å². The van der Waals surface area contributed by atoms with Gasteiger partial charge in [0.05, 0.1) is 59.1 Å². The molecule has 0 amide bonds. The van der Waals surface area contributed by atoms with Crippen LogP contribution in [0, 0.1) is 5.82 Å². The van der Waals surface area contributed by atoms with E-state index in [1.807, 2.05) is 36.9 Å². The van der Waals surface area contributed by atoms with E-state index in [4.69, 9.17) is 0 Å². The van der Waals surface area contributed by atoms with Crippen molar-refractivity contribution in [2.75, 3.05) is 4.90 Å². The molecule has 5 heterocycles. The summed E-state index contributed by atoms with van der Waals surface area (Å²) in [5.74, 6) is 0.285. The third-order valence-corrected chi connectivity index (χ3v) is 7.98. The van der Waals surface area contributed by atoms with Crippen LogP contribution in [0.25, 0.3) is 22.5 Å². The summed E-state index contributed by atoms with van der Waals surface area (Å²) in [4.78, 5) is 11.2. The minimum atomic E-state index is -0.234. The molecule has 0 spiro atoms. The van der Waals surface area contributed by atoms with E-state index >= 15 is 0 Å². The molecule has 0 saturated heterocycles. The third-order valence-electron chi connectivity index (χ3n) is 7.98. The molecule has 0 aliphatic carbocycles. The number of hydrogen-bond donors (Lipinski definition) is 0. The van der Waals surface area contributed by atoms with Crippen molar-refractivity contribution in [3.63, 3.8) is 0 Å². The van der Waals surface area contributed by atoms with Gasteiger partial charge in [-0.2, -0.15) is 9.13 Å². The van der Waals surface area contributed by atoms with Crippen LogP contribution in [-0.4, -0.2) is 9.97 Å². The van der Waals surface area contributed by atoms with Crippen molar-refractivity contribution in [3.8, 4) is 22.5 Å².